The molecule has 30 heavy (non-hydrogen) atoms. The number of thiophene rings is 1. The average molecular weight is 444 g/mol. The number of nitriles is 1. The van der Waals surface area contributed by atoms with Crippen molar-refractivity contribution in [3.05, 3.63) is 49.9 Å². The number of hydrogen-bond donors (Lipinski definition) is 1. The largest absolute Gasteiger partial charge is 0.396 e. The molecule has 1 aromatic carbocycles. The van der Waals surface area contributed by atoms with Crippen molar-refractivity contribution in [2.24, 2.45) is 16.3 Å². The molecule has 0 saturated carbocycles. The fourth-order valence-corrected chi connectivity index (χ4v) is 5.66. The van der Waals surface area contributed by atoms with Crippen molar-refractivity contribution in [2.45, 2.75) is 44.9 Å². The van der Waals surface area contributed by atoms with Crippen molar-refractivity contribution in [2.75, 3.05) is 12.4 Å². The molecular weight excluding hydrogens is 418 g/mol. The minimum atomic E-state index is -0.422. The third-order valence-electron chi connectivity index (χ3n) is 5.44. The summed E-state index contributed by atoms with van der Waals surface area (Å²) in [5.74, 6) is 0.981. The molecule has 8 heteroatoms. The second-order valence-corrected chi connectivity index (χ2v) is 10.6. The summed E-state index contributed by atoms with van der Waals surface area (Å²) in [6.45, 7) is 6.74. The van der Waals surface area contributed by atoms with Crippen molar-refractivity contribution in [3.8, 4) is 6.07 Å². The van der Waals surface area contributed by atoms with Gasteiger partial charge in [-0.1, -0.05) is 26.8 Å². The van der Waals surface area contributed by atoms with Gasteiger partial charge in [0.15, 0.2) is 0 Å². The molecule has 6 nitrogen and oxygen atoms in total. The van der Waals surface area contributed by atoms with Crippen molar-refractivity contribution >= 4 is 40.0 Å². The van der Waals surface area contributed by atoms with Crippen LogP contribution in [0.1, 0.15) is 48.8 Å². The number of nitrogens with zero attached hydrogens (tertiary/aromatic N) is 3. The van der Waals surface area contributed by atoms with Gasteiger partial charge in [-0.2, -0.15) is 5.26 Å². The van der Waals surface area contributed by atoms with E-state index in [9.17, 15) is 15.4 Å². The zero-order chi connectivity index (χ0) is 21.9. The van der Waals surface area contributed by atoms with E-state index in [4.69, 9.17) is 5.11 Å². The number of nitro groups is 1. The molecule has 0 radical (unpaired) electrons. The van der Waals surface area contributed by atoms with E-state index in [1.54, 1.807) is 29.7 Å². The number of nitro benzene ring substituents is 1. The highest BCUT2D eigenvalue weighted by atomic mass is 32.2. The average Bonchev–Trinajstić information content (AvgIpc) is 3.06. The molecule has 2 aromatic rings. The monoisotopic (exact) mass is 443 g/mol. The lowest BCUT2D eigenvalue weighted by molar-refractivity contribution is -0.387. The van der Waals surface area contributed by atoms with Gasteiger partial charge in [-0.3, -0.25) is 10.1 Å². The van der Waals surface area contributed by atoms with Crippen LogP contribution in [0.15, 0.2) is 28.1 Å². The van der Waals surface area contributed by atoms with Gasteiger partial charge in [-0.05, 0) is 47.8 Å². The van der Waals surface area contributed by atoms with Crippen molar-refractivity contribution in [1.82, 2.24) is 0 Å². The number of benzene rings is 1. The van der Waals surface area contributed by atoms with Gasteiger partial charge in [0.25, 0.3) is 5.69 Å². The number of aliphatic imine (C=N–C) groups is 1. The number of aliphatic hydroxyl groups is 1. The lowest BCUT2D eigenvalue weighted by Crippen LogP contribution is -2.26. The third-order valence-corrected chi connectivity index (χ3v) is 7.65. The van der Waals surface area contributed by atoms with Crippen LogP contribution in [-0.4, -0.2) is 28.6 Å². The summed E-state index contributed by atoms with van der Waals surface area (Å²) in [6.07, 6.45) is 4.53. The van der Waals surface area contributed by atoms with E-state index >= 15 is 0 Å². The Bertz CT molecular complexity index is 1020. The van der Waals surface area contributed by atoms with Gasteiger partial charge < -0.3 is 5.11 Å². The Morgan fingerprint density at radius 2 is 2.23 bits per heavy atom. The molecule has 0 fully saturated rings. The van der Waals surface area contributed by atoms with Crippen molar-refractivity contribution < 1.29 is 10.0 Å². The molecule has 1 heterocycles. The van der Waals surface area contributed by atoms with Gasteiger partial charge in [0.1, 0.15) is 11.1 Å². The van der Waals surface area contributed by atoms with Crippen LogP contribution in [0.4, 0.5) is 10.7 Å². The topological polar surface area (TPSA) is 99.5 Å². The van der Waals surface area contributed by atoms with Gasteiger partial charge in [0.2, 0.25) is 0 Å². The van der Waals surface area contributed by atoms with Crippen LogP contribution < -0.4 is 0 Å². The summed E-state index contributed by atoms with van der Waals surface area (Å²) in [5, 5.41) is 30.7. The number of hydrogen-bond acceptors (Lipinski definition) is 7. The summed E-state index contributed by atoms with van der Waals surface area (Å²) < 4.78 is 0. The molecule has 0 saturated heterocycles. The molecule has 0 unspecified atom stereocenters. The quantitative estimate of drug-likeness (QED) is 0.274. The van der Waals surface area contributed by atoms with E-state index in [0.717, 1.165) is 24.8 Å². The van der Waals surface area contributed by atoms with E-state index in [-0.39, 0.29) is 17.7 Å². The molecule has 3 rings (SSSR count). The molecule has 158 valence electrons. The van der Waals surface area contributed by atoms with Crippen molar-refractivity contribution in [1.29, 1.82) is 5.26 Å². The van der Waals surface area contributed by atoms with Crippen LogP contribution in [-0.2, 0) is 12.8 Å². The van der Waals surface area contributed by atoms with E-state index in [1.165, 1.54) is 22.7 Å². The first-order chi connectivity index (χ1) is 14.2. The molecule has 1 aromatic heterocycles. The maximum absolute atomic E-state index is 11.4. The number of aliphatic hydroxyl groups excluding tert-OH is 1. The van der Waals surface area contributed by atoms with Gasteiger partial charge >= 0.3 is 0 Å². The van der Waals surface area contributed by atoms with E-state index in [2.05, 4.69) is 31.8 Å². The summed E-state index contributed by atoms with van der Waals surface area (Å²) in [6, 6.07) is 7.25. The second kappa shape index (κ2) is 9.29. The van der Waals surface area contributed by atoms with Crippen LogP contribution in [0.25, 0.3) is 0 Å². The van der Waals surface area contributed by atoms with E-state index in [1.807, 2.05) is 0 Å². The molecule has 1 N–H and O–H groups in total. The summed E-state index contributed by atoms with van der Waals surface area (Å²) in [4.78, 5) is 17.3. The standard InChI is InChI=1S/C22H25N3O3S2/c1-22(2,3)15-5-6-16-17(12-23)21(30-20(16)11-15)24-13-14-4-7-19(29-9-8-26)18(10-14)25(27)28/h4,7,10,13,15,26H,5-6,8-9,11H2,1-3H3/t15-/m0/s1. The first-order valence-corrected chi connectivity index (χ1v) is 11.7. The molecule has 0 amide bonds. The van der Waals surface area contributed by atoms with Crippen LogP contribution >= 0.6 is 23.1 Å². The first kappa shape index (κ1) is 22.5. The molecular formula is C22H25N3O3S2. The lowest BCUT2D eigenvalue weighted by Gasteiger charge is -2.33. The highest BCUT2D eigenvalue weighted by molar-refractivity contribution is 7.99. The predicted molar refractivity (Wildman–Crippen MR) is 122 cm³/mol. The highest BCUT2D eigenvalue weighted by Gasteiger charge is 2.32. The number of thioether (sulfide) groups is 1. The van der Waals surface area contributed by atoms with Crippen LogP contribution in [0.5, 0.6) is 0 Å². The molecule has 1 aliphatic rings. The lowest BCUT2D eigenvalue weighted by atomic mass is 9.72. The van der Waals surface area contributed by atoms with Gasteiger partial charge in [-0.25, -0.2) is 4.99 Å². The first-order valence-electron chi connectivity index (χ1n) is 9.85. The Hall–Kier alpha value is -2.21. The Morgan fingerprint density at radius 1 is 1.47 bits per heavy atom. The summed E-state index contributed by atoms with van der Waals surface area (Å²) in [5.41, 5.74) is 2.60. The normalized spacial score (nSPS) is 16.4. The smallest absolute Gasteiger partial charge is 0.283 e. The molecule has 1 atom stereocenters. The fourth-order valence-electron chi connectivity index (χ4n) is 3.69. The summed E-state index contributed by atoms with van der Waals surface area (Å²) >= 11 is 2.81. The Labute approximate surface area is 184 Å². The maximum Gasteiger partial charge on any atom is 0.283 e. The molecule has 0 spiro atoms. The fraction of sp³-hybridized carbons (Fsp3) is 0.455. The zero-order valence-electron chi connectivity index (χ0n) is 17.3. The Balaban J connectivity index is 1.88. The minimum absolute atomic E-state index is 0.00333. The van der Waals surface area contributed by atoms with E-state index < -0.39 is 4.92 Å². The zero-order valence-corrected chi connectivity index (χ0v) is 19.0. The number of rotatable bonds is 6. The van der Waals surface area contributed by atoms with Crippen LogP contribution in [0.2, 0.25) is 0 Å². The van der Waals surface area contributed by atoms with Gasteiger partial charge in [0.05, 0.1) is 22.0 Å². The van der Waals surface area contributed by atoms with E-state index in [0.29, 0.717) is 32.7 Å². The molecule has 0 aliphatic heterocycles. The Kier molecular flexibility index (Phi) is 6.96. The van der Waals surface area contributed by atoms with Gasteiger partial charge in [-0.15, -0.1) is 23.1 Å². The molecule has 0 bridgehead atoms. The maximum atomic E-state index is 11.4. The highest BCUT2D eigenvalue weighted by Crippen LogP contribution is 2.44. The van der Waals surface area contributed by atoms with Gasteiger partial charge in [0, 0.05) is 22.9 Å². The van der Waals surface area contributed by atoms with Crippen LogP contribution in [0.3, 0.4) is 0 Å². The predicted octanol–water partition coefficient (Wildman–Crippen LogP) is 5.51. The third kappa shape index (κ3) is 4.91. The SMILES string of the molecule is CC(C)(C)[C@H]1CCc2c(sc(N=Cc3ccc(SCCO)c([N+](=O)[O-])c3)c2C#N)C1. The van der Waals surface area contributed by atoms with Crippen molar-refractivity contribution in [3.63, 3.8) is 0 Å². The van der Waals surface area contributed by atoms with Crippen LogP contribution in [0, 0.1) is 32.8 Å². The number of fused-ring (bicyclic) bond motifs is 1. The second-order valence-electron chi connectivity index (χ2n) is 8.42. The Morgan fingerprint density at radius 3 is 2.87 bits per heavy atom. The molecule has 1 aliphatic carbocycles. The summed E-state index contributed by atoms with van der Waals surface area (Å²) in [7, 11) is 0. The minimum Gasteiger partial charge on any atom is -0.396 e.